The SMILES string of the molecule is CC(C)NC(=O)c1cnc(N2CCN(C(=O)NCCC3CCN(Cc4ccccc4)CC3)[C@H](C)C2)nc1. The van der Waals surface area contributed by atoms with Crippen LogP contribution in [0, 0.1) is 5.92 Å². The van der Waals surface area contributed by atoms with Gasteiger partial charge in [-0.25, -0.2) is 14.8 Å². The number of nitrogens with one attached hydrogen (secondary N) is 2. The third kappa shape index (κ3) is 7.64. The minimum Gasteiger partial charge on any atom is -0.350 e. The lowest BCUT2D eigenvalue weighted by Gasteiger charge is -2.39. The third-order valence-electron chi connectivity index (χ3n) is 7.28. The zero-order chi connectivity index (χ0) is 26.2. The molecule has 3 amide bonds. The molecule has 1 aromatic carbocycles. The number of rotatable bonds is 8. The molecule has 9 nitrogen and oxygen atoms in total. The standard InChI is InChI=1S/C28H41N7O2/c1-21(2)32-26(36)25-17-30-27(31-18-25)34-15-16-35(22(3)19-34)28(37)29-12-9-23-10-13-33(14-11-23)20-24-7-5-4-6-8-24/h4-8,17-18,21-23H,9-16,19-20H2,1-3H3,(H,29,37)(H,32,36)/t22-/m1/s1. The molecule has 2 N–H and O–H groups in total. The zero-order valence-corrected chi connectivity index (χ0v) is 22.4. The first-order chi connectivity index (χ1) is 17.9. The van der Waals surface area contributed by atoms with Crippen LogP contribution in [0.5, 0.6) is 0 Å². The number of carbonyl (C=O) groups is 2. The van der Waals surface area contributed by atoms with Crippen molar-refractivity contribution in [1.82, 2.24) is 30.4 Å². The maximum Gasteiger partial charge on any atom is 0.317 e. The van der Waals surface area contributed by atoms with Crippen molar-refractivity contribution in [3.63, 3.8) is 0 Å². The van der Waals surface area contributed by atoms with Crippen molar-refractivity contribution >= 4 is 17.9 Å². The van der Waals surface area contributed by atoms with Gasteiger partial charge < -0.3 is 20.4 Å². The van der Waals surface area contributed by atoms with Gasteiger partial charge in [0.2, 0.25) is 5.95 Å². The van der Waals surface area contributed by atoms with Gasteiger partial charge in [0.25, 0.3) is 5.91 Å². The number of hydrogen-bond donors (Lipinski definition) is 2. The minimum absolute atomic E-state index is 0.00952. The largest absolute Gasteiger partial charge is 0.350 e. The van der Waals surface area contributed by atoms with Crippen molar-refractivity contribution in [2.75, 3.05) is 44.2 Å². The number of anilines is 1. The number of likely N-dealkylation sites (tertiary alicyclic amines) is 1. The molecule has 2 aliphatic heterocycles. The second-order valence-corrected chi connectivity index (χ2v) is 10.6. The number of carbonyl (C=O) groups excluding carboxylic acids is 2. The molecule has 2 saturated heterocycles. The van der Waals surface area contributed by atoms with Crippen LogP contribution < -0.4 is 15.5 Å². The fourth-order valence-electron chi connectivity index (χ4n) is 5.15. The number of hydrogen-bond acceptors (Lipinski definition) is 6. The molecule has 3 heterocycles. The van der Waals surface area contributed by atoms with E-state index >= 15 is 0 Å². The van der Waals surface area contributed by atoms with Crippen LogP contribution in [-0.4, -0.2) is 83.1 Å². The Morgan fingerprint density at radius 3 is 2.38 bits per heavy atom. The van der Waals surface area contributed by atoms with Crippen molar-refractivity contribution in [2.45, 2.75) is 58.7 Å². The van der Waals surface area contributed by atoms with E-state index in [0.29, 0.717) is 37.1 Å². The maximum absolute atomic E-state index is 12.9. The van der Waals surface area contributed by atoms with Gasteiger partial charge in [-0.05, 0) is 64.6 Å². The quantitative estimate of drug-likeness (QED) is 0.570. The van der Waals surface area contributed by atoms with Gasteiger partial charge in [-0.15, -0.1) is 0 Å². The smallest absolute Gasteiger partial charge is 0.317 e. The van der Waals surface area contributed by atoms with Gasteiger partial charge in [-0.1, -0.05) is 30.3 Å². The number of aromatic nitrogens is 2. The fourth-order valence-corrected chi connectivity index (χ4v) is 5.15. The van der Waals surface area contributed by atoms with Crippen LogP contribution in [-0.2, 0) is 6.54 Å². The van der Waals surface area contributed by atoms with E-state index in [9.17, 15) is 9.59 Å². The Labute approximate surface area is 220 Å². The Morgan fingerprint density at radius 2 is 1.73 bits per heavy atom. The lowest BCUT2D eigenvalue weighted by molar-refractivity contribution is 0.0942. The highest BCUT2D eigenvalue weighted by Gasteiger charge is 2.29. The number of nitrogens with zero attached hydrogens (tertiary/aromatic N) is 5. The molecule has 0 aliphatic carbocycles. The van der Waals surface area contributed by atoms with E-state index in [1.165, 1.54) is 18.4 Å². The first-order valence-corrected chi connectivity index (χ1v) is 13.6. The maximum atomic E-state index is 12.9. The highest BCUT2D eigenvalue weighted by Crippen LogP contribution is 2.22. The molecule has 0 radical (unpaired) electrons. The van der Waals surface area contributed by atoms with Crippen LogP contribution in [0.15, 0.2) is 42.7 Å². The Balaban J connectivity index is 1.15. The highest BCUT2D eigenvalue weighted by molar-refractivity contribution is 5.93. The normalized spacial score (nSPS) is 19.2. The molecule has 0 unspecified atom stereocenters. The first kappa shape index (κ1) is 26.9. The van der Waals surface area contributed by atoms with Gasteiger partial charge in [0, 0.05) is 57.2 Å². The van der Waals surface area contributed by atoms with Crippen LogP contribution in [0.2, 0.25) is 0 Å². The van der Waals surface area contributed by atoms with E-state index in [1.807, 2.05) is 18.7 Å². The summed E-state index contributed by atoms with van der Waals surface area (Å²) in [6, 6.07) is 10.8. The summed E-state index contributed by atoms with van der Waals surface area (Å²) in [5.74, 6) is 1.09. The monoisotopic (exact) mass is 507 g/mol. The molecule has 37 heavy (non-hydrogen) atoms. The van der Waals surface area contributed by atoms with Crippen molar-refractivity contribution in [1.29, 1.82) is 0 Å². The van der Waals surface area contributed by atoms with Crippen molar-refractivity contribution < 1.29 is 9.59 Å². The van der Waals surface area contributed by atoms with E-state index in [2.05, 4.69) is 67.7 Å². The molecular weight excluding hydrogens is 466 g/mol. The summed E-state index contributed by atoms with van der Waals surface area (Å²) in [5, 5.41) is 6.00. The Kier molecular flexibility index (Phi) is 9.33. The number of amides is 3. The van der Waals surface area contributed by atoms with E-state index in [0.717, 1.165) is 32.6 Å². The van der Waals surface area contributed by atoms with Crippen molar-refractivity contribution in [2.24, 2.45) is 5.92 Å². The van der Waals surface area contributed by atoms with Gasteiger partial charge in [0.05, 0.1) is 5.56 Å². The molecule has 2 aromatic rings. The van der Waals surface area contributed by atoms with Crippen LogP contribution in [0.3, 0.4) is 0 Å². The van der Waals surface area contributed by atoms with Gasteiger partial charge in [-0.2, -0.15) is 0 Å². The molecule has 200 valence electrons. The highest BCUT2D eigenvalue weighted by atomic mass is 16.2. The Hall–Kier alpha value is -3.20. The van der Waals surface area contributed by atoms with Gasteiger partial charge in [0.1, 0.15) is 0 Å². The molecule has 1 aromatic heterocycles. The summed E-state index contributed by atoms with van der Waals surface area (Å²) in [5.41, 5.74) is 1.82. The third-order valence-corrected chi connectivity index (χ3v) is 7.28. The van der Waals surface area contributed by atoms with Crippen molar-refractivity contribution in [3.05, 3.63) is 53.9 Å². The van der Waals surface area contributed by atoms with E-state index in [1.54, 1.807) is 12.4 Å². The van der Waals surface area contributed by atoms with Gasteiger partial charge in [0.15, 0.2) is 0 Å². The minimum atomic E-state index is -0.172. The summed E-state index contributed by atoms with van der Waals surface area (Å²) in [6.07, 6.45) is 6.54. The summed E-state index contributed by atoms with van der Waals surface area (Å²) in [4.78, 5) is 40.3. The first-order valence-electron chi connectivity index (χ1n) is 13.6. The predicted octanol–water partition coefficient (Wildman–Crippen LogP) is 3.14. The zero-order valence-electron chi connectivity index (χ0n) is 22.4. The molecule has 1 atom stereocenters. The summed E-state index contributed by atoms with van der Waals surface area (Å²) in [6.45, 7) is 11.8. The molecule has 0 bridgehead atoms. The molecule has 2 fully saturated rings. The molecule has 4 rings (SSSR count). The van der Waals surface area contributed by atoms with Crippen LogP contribution in [0.1, 0.15) is 56.0 Å². The average molecular weight is 508 g/mol. The second-order valence-electron chi connectivity index (χ2n) is 10.6. The van der Waals surface area contributed by atoms with E-state index < -0.39 is 0 Å². The number of piperidine rings is 1. The Morgan fingerprint density at radius 1 is 1.03 bits per heavy atom. The molecule has 2 aliphatic rings. The van der Waals surface area contributed by atoms with E-state index in [4.69, 9.17) is 0 Å². The van der Waals surface area contributed by atoms with Gasteiger partial charge in [-0.3, -0.25) is 9.69 Å². The molecule has 9 heteroatoms. The number of benzene rings is 1. The van der Waals surface area contributed by atoms with Crippen LogP contribution in [0.25, 0.3) is 0 Å². The van der Waals surface area contributed by atoms with Gasteiger partial charge >= 0.3 is 6.03 Å². The summed E-state index contributed by atoms with van der Waals surface area (Å²) < 4.78 is 0. The second kappa shape index (κ2) is 12.9. The number of piperazine rings is 1. The number of urea groups is 1. The Bertz CT molecular complexity index is 1010. The topological polar surface area (TPSA) is 93.7 Å². The van der Waals surface area contributed by atoms with Crippen LogP contribution in [0.4, 0.5) is 10.7 Å². The lowest BCUT2D eigenvalue weighted by atomic mass is 9.93. The molecule has 0 spiro atoms. The predicted molar refractivity (Wildman–Crippen MR) is 145 cm³/mol. The summed E-state index contributed by atoms with van der Waals surface area (Å²) in [7, 11) is 0. The summed E-state index contributed by atoms with van der Waals surface area (Å²) >= 11 is 0. The van der Waals surface area contributed by atoms with Crippen molar-refractivity contribution in [3.8, 4) is 0 Å². The van der Waals surface area contributed by atoms with Crippen LogP contribution >= 0.6 is 0 Å². The fraction of sp³-hybridized carbons (Fsp3) is 0.571. The molecule has 0 saturated carbocycles. The lowest BCUT2D eigenvalue weighted by Crippen LogP contribution is -2.57. The van der Waals surface area contributed by atoms with E-state index in [-0.39, 0.29) is 24.0 Å². The average Bonchev–Trinajstić information content (AvgIpc) is 2.90. The molecular formula is C28H41N7O2.